The summed E-state index contributed by atoms with van der Waals surface area (Å²) >= 11 is 12.9. The first-order chi connectivity index (χ1) is 13.5. The highest BCUT2D eigenvalue weighted by atomic mass is 79.9. The first-order valence-corrected chi connectivity index (χ1v) is 10.5. The molecule has 2 heterocycles. The van der Waals surface area contributed by atoms with Crippen LogP contribution in [-0.2, 0) is 0 Å². The maximum absolute atomic E-state index is 13.2. The van der Waals surface area contributed by atoms with Crippen LogP contribution < -0.4 is 0 Å². The van der Waals surface area contributed by atoms with Crippen molar-refractivity contribution < 1.29 is 4.79 Å². The Labute approximate surface area is 184 Å². The molecule has 1 aliphatic heterocycles. The summed E-state index contributed by atoms with van der Waals surface area (Å²) in [4.78, 5) is 17.3. The van der Waals surface area contributed by atoms with E-state index in [0.717, 1.165) is 25.8 Å². The molecular formula is C21H14Br2ClN3O. The molecule has 1 aromatic heterocycles. The Morgan fingerprint density at radius 2 is 1.71 bits per heavy atom. The molecule has 0 bridgehead atoms. The molecule has 1 atom stereocenters. The Morgan fingerprint density at radius 1 is 1.00 bits per heavy atom. The molecule has 3 aromatic rings. The van der Waals surface area contributed by atoms with Crippen molar-refractivity contribution in [2.75, 3.05) is 0 Å². The van der Waals surface area contributed by atoms with Crippen molar-refractivity contribution in [3.63, 3.8) is 0 Å². The van der Waals surface area contributed by atoms with Gasteiger partial charge < -0.3 is 0 Å². The predicted octanol–water partition coefficient (Wildman–Crippen LogP) is 6.25. The summed E-state index contributed by atoms with van der Waals surface area (Å²) in [6, 6.07) is 17.0. The number of rotatable bonds is 3. The van der Waals surface area contributed by atoms with E-state index in [4.69, 9.17) is 11.6 Å². The van der Waals surface area contributed by atoms with Crippen LogP contribution in [0.25, 0.3) is 0 Å². The zero-order chi connectivity index (χ0) is 19.7. The molecule has 0 saturated carbocycles. The fourth-order valence-electron chi connectivity index (χ4n) is 3.12. The highest BCUT2D eigenvalue weighted by Gasteiger charge is 2.33. The van der Waals surface area contributed by atoms with Gasteiger partial charge in [0.05, 0.1) is 17.3 Å². The third-order valence-corrected chi connectivity index (χ3v) is 5.72. The summed E-state index contributed by atoms with van der Waals surface area (Å²) in [6.45, 7) is 0. The second-order valence-electron chi connectivity index (χ2n) is 6.37. The van der Waals surface area contributed by atoms with Gasteiger partial charge in [-0.1, -0.05) is 51.8 Å². The van der Waals surface area contributed by atoms with Crippen molar-refractivity contribution in [2.45, 2.75) is 12.5 Å². The van der Waals surface area contributed by atoms with E-state index in [1.807, 2.05) is 48.5 Å². The first-order valence-electron chi connectivity index (χ1n) is 8.54. The van der Waals surface area contributed by atoms with Gasteiger partial charge >= 0.3 is 0 Å². The van der Waals surface area contributed by atoms with E-state index in [-0.39, 0.29) is 11.9 Å². The average molecular weight is 520 g/mol. The van der Waals surface area contributed by atoms with E-state index in [0.29, 0.717) is 17.0 Å². The zero-order valence-electron chi connectivity index (χ0n) is 14.5. The molecule has 28 heavy (non-hydrogen) atoms. The standard InChI is InChI=1S/C21H14Br2ClN3O/c22-16-5-1-14(2-6-16)20-10-19(13-3-7-18(24)8-4-13)26-27(20)21(28)15-9-17(23)12-25-11-15/h1-9,11-12,20H,10H2. The highest BCUT2D eigenvalue weighted by Crippen LogP contribution is 2.34. The lowest BCUT2D eigenvalue weighted by molar-refractivity contribution is 0.0710. The van der Waals surface area contributed by atoms with Crippen LogP contribution in [0.15, 0.2) is 81.0 Å². The smallest absolute Gasteiger partial charge is 0.267 e. The number of carbonyl (C=O) groups excluding carboxylic acids is 1. The number of hydrazone groups is 1. The van der Waals surface area contributed by atoms with Crippen molar-refractivity contribution in [2.24, 2.45) is 5.10 Å². The van der Waals surface area contributed by atoms with Crippen molar-refractivity contribution in [1.29, 1.82) is 0 Å². The molecular weight excluding hydrogens is 506 g/mol. The fourth-order valence-corrected chi connectivity index (χ4v) is 3.88. The molecule has 4 rings (SSSR count). The number of aromatic nitrogens is 1. The molecule has 1 amide bonds. The van der Waals surface area contributed by atoms with Gasteiger partial charge in [0.15, 0.2) is 0 Å². The van der Waals surface area contributed by atoms with E-state index < -0.39 is 0 Å². The average Bonchev–Trinajstić information content (AvgIpc) is 3.14. The van der Waals surface area contributed by atoms with E-state index >= 15 is 0 Å². The molecule has 0 radical (unpaired) electrons. The van der Waals surface area contributed by atoms with Crippen LogP contribution in [0.4, 0.5) is 0 Å². The van der Waals surface area contributed by atoms with Gasteiger partial charge in [-0.2, -0.15) is 5.10 Å². The lowest BCUT2D eigenvalue weighted by Gasteiger charge is -2.22. The van der Waals surface area contributed by atoms with Gasteiger partial charge in [-0.3, -0.25) is 9.78 Å². The van der Waals surface area contributed by atoms with Gasteiger partial charge in [0.1, 0.15) is 0 Å². The third-order valence-electron chi connectivity index (χ3n) is 4.50. The van der Waals surface area contributed by atoms with Gasteiger partial charge in [-0.25, -0.2) is 5.01 Å². The molecule has 0 N–H and O–H groups in total. The Bertz CT molecular complexity index is 1050. The van der Waals surface area contributed by atoms with Crippen LogP contribution in [0.3, 0.4) is 0 Å². The molecule has 140 valence electrons. The van der Waals surface area contributed by atoms with Crippen LogP contribution in [0.1, 0.15) is 33.9 Å². The molecule has 0 fully saturated rings. The quantitative estimate of drug-likeness (QED) is 0.411. The van der Waals surface area contributed by atoms with Crippen LogP contribution >= 0.6 is 43.5 Å². The van der Waals surface area contributed by atoms with Crippen LogP contribution in [0, 0.1) is 0 Å². The van der Waals surface area contributed by atoms with Gasteiger partial charge in [-0.05, 0) is 57.4 Å². The van der Waals surface area contributed by atoms with Crippen molar-refractivity contribution in [3.05, 3.63) is 97.6 Å². The lowest BCUT2D eigenvalue weighted by atomic mass is 9.98. The van der Waals surface area contributed by atoms with Crippen molar-refractivity contribution >= 4 is 55.1 Å². The van der Waals surface area contributed by atoms with Gasteiger partial charge in [0, 0.05) is 32.8 Å². The Morgan fingerprint density at radius 3 is 2.39 bits per heavy atom. The minimum atomic E-state index is -0.190. The van der Waals surface area contributed by atoms with Crippen molar-refractivity contribution in [3.8, 4) is 0 Å². The molecule has 0 saturated heterocycles. The Kier molecular flexibility index (Phi) is 5.62. The molecule has 2 aromatic carbocycles. The van der Waals surface area contributed by atoms with Crippen LogP contribution in [0.2, 0.25) is 5.02 Å². The van der Waals surface area contributed by atoms with Crippen LogP contribution in [-0.4, -0.2) is 21.6 Å². The number of benzene rings is 2. The minimum Gasteiger partial charge on any atom is -0.267 e. The summed E-state index contributed by atoms with van der Waals surface area (Å²) in [5, 5.41) is 6.90. The third kappa shape index (κ3) is 4.04. The second kappa shape index (κ2) is 8.15. The Balaban J connectivity index is 1.73. The summed E-state index contributed by atoms with van der Waals surface area (Å²) in [5.74, 6) is -0.189. The Hall–Kier alpha value is -2.02. The number of carbonyl (C=O) groups is 1. The number of nitrogens with zero attached hydrogens (tertiary/aromatic N) is 3. The van der Waals surface area contributed by atoms with Crippen LogP contribution in [0.5, 0.6) is 0 Å². The molecule has 0 spiro atoms. The summed E-state index contributed by atoms with van der Waals surface area (Å²) in [6.07, 6.45) is 3.83. The summed E-state index contributed by atoms with van der Waals surface area (Å²) in [5.41, 5.74) is 3.31. The highest BCUT2D eigenvalue weighted by molar-refractivity contribution is 9.10. The molecule has 0 aliphatic carbocycles. The number of hydrogen-bond acceptors (Lipinski definition) is 3. The maximum atomic E-state index is 13.2. The number of pyridine rings is 1. The number of hydrogen-bond donors (Lipinski definition) is 0. The van der Waals surface area contributed by atoms with E-state index in [1.54, 1.807) is 23.5 Å². The topological polar surface area (TPSA) is 45.6 Å². The first kappa shape index (κ1) is 19.3. The summed E-state index contributed by atoms with van der Waals surface area (Å²) < 4.78 is 1.74. The lowest BCUT2D eigenvalue weighted by Crippen LogP contribution is -2.27. The monoisotopic (exact) mass is 517 g/mol. The van der Waals surface area contributed by atoms with E-state index in [1.165, 1.54) is 0 Å². The number of halogens is 3. The normalized spacial score (nSPS) is 16.2. The van der Waals surface area contributed by atoms with E-state index in [9.17, 15) is 4.79 Å². The van der Waals surface area contributed by atoms with Crippen molar-refractivity contribution in [1.82, 2.24) is 9.99 Å². The number of amides is 1. The van der Waals surface area contributed by atoms with Gasteiger partial charge in [0.25, 0.3) is 5.91 Å². The molecule has 1 aliphatic rings. The largest absolute Gasteiger partial charge is 0.276 e. The minimum absolute atomic E-state index is 0.189. The molecule has 4 nitrogen and oxygen atoms in total. The SMILES string of the molecule is O=C(c1cncc(Br)c1)N1N=C(c2ccc(Cl)cc2)CC1c1ccc(Br)cc1. The second-order valence-corrected chi connectivity index (χ2v) is 8.63. The zero-order valence-corrected chi connectivity index (χ0v) is 18.4. The van der Waals surface area contributed by atoms with E-state index in [2.05, 4.69) is 41.9 Å². The fraction of sp³-hybridized carbons (Fsp3) is 0.0952. The predicted molar refractivity (Wildman–Crippen MR) is 118 cm³/mol. The molecule has 1 unspecified atom stereocenters. The maximum Gasteiger partial charge on any atom is 0.276 e. The summed E-state index contributed by atoms with van der Waals surface area (Å²) in [7, 11) is 0. The molecule has 7 heteroatoms. The van der Waals surface area contributed by atoms with Gasteiger partial charge in [-0.15, -0.1) is 0 Å². The van der Waals surface area contributed by atoms with Gasteiger partial charge in [0.2, 0.25) is 0 Å².